The zero-order chi connectivity index (χ0) is 16.2. The van der Waals surface area contributed by atoms with E-state index in [0.717, 1.165) is 28.4 Å². The molecule has 3 rings (SSSR count). The van der Waals surface area contributed by atoms with Crippen LogP contribution in [0.4, 0.5) is 16.2 Å². The number of ether oxygens (including phenoxy) is 1. The first kappa shape index (κ1) is 15.7. The molecule has 0 fully saturated rings. The number of rotatable bonds is 3. The highest BCUT2D eigenvalue weighted by atomic mass is 32.2. The van der Waals surface area contributed by atoms with Gasteiger partial charge >= 0.3 is 6.03 Å². The molecule has 4 nitrogen and oxygen atoms in total. The lowest BCUT2D eigenvalue weighted by molar-refractivity contribution is 0.256. The largest absolute Gasteiger partial charge is 0.497 e. The normalized spacial score (nSPS) is 16.6. The van der Waals surface area contributed by atoms with Crippen LogP contribution in [-0.2, 0) is 0 Å². The molecule has 1 atom stereocenters. The Morgan fingerprint density at radius 2 is 2.13 bits per heavy atom. The molecule has 5 heteroatoms. The lowest BCUT2D eigenvalue weighted by Gasteiger charge is -2.33. The van der Waals surface area contributed by atoms with E-state index in [1.165, 1.54) is 0 Å². The highest BCUT2D eigenvalue weighted by Gasteiger charge is 2.28. The van der Waals surface area contributed by atoms with Crippen molar-refractivity contribution in [3.63, 3.8) is 0 Å². The zero-order valence-electron chi connectivity index (χ0n) is 13.3. The second kappa shape index (κ2) is 6.96. The number of carbonyl (C=O) groups is 1. The smallest absolute Gasteiger partial charge is 0.326 e. The second-order valence-electron chi connectivity index (χ2n) is 5.39. The van der Waals surface area contributed by atoms with Gasteiger partial charge in [-0.3, -0.25) is 4.90 Å². The predicted octanol–water partition coefficient (Wildman–Crippen LogP) is 4.62. The Labute approximate surface area is 140 Å². The van der Waals surface area contributed by atoms with Gasteiger partial charge in [-0.15, -0.1) is 11.8 Å². The van der Waals surface area contributed by atoms with E-state index < -0.39 is 0 Å². The Balaban J connectivity index is 1.83. The summed E-state index contributed by atoms with van der Waals surface area (Å²) in [6.07, 6.45) is 1.03. The average molecular weight is 328 g/mol. The summed E-state index contributed by atoms with van der Waals surface area (Å²) in [5.74, 6) is 0.726. The summed E-state index contributed by atoms with van der Waals surface area (Å²) in [6, 6.07) is 15.4. The summed E-state index contributed by atoms with van der Waals surface area (Å²) in [7, 11) is 1.62. The van der Waals surface area contributed by atoms with E-state index in [0.29, 0.717) is 11.8 Å². The van der Waals surface area contributed by atoms with Crippen LogP contribution in [0.2, 0.25) is 0 Å². The minimum absolute atomic E-state index is 0.107. The van der Waals surface area contributed by atoms with Crippen molar-refractivity contribution in [1.82, 2.24) is 0 Å². The number of methoxy groups -OCH3 is 1. The van der Waals surface area contributed by atoms with E-state index in [9.17, 15) is 4.79 Å². The molecule has 0 aliphatic carbocycles. The maximum Gasteiger partial charge on any atom is 0.326 e. The van der Waals surface area contributed by atoms with Gasteiger partial charge in [0.25, 0.3) is 0 Å². The molecule has 23 heavy (non-hydrogen) atoms. The number of fused-ring (bicyclic) bond motifs is 1. The SMILES string of the molecule is CCC1CN(C(=O)Nc2cccc(OC)c2)c2ccccc2S1. The Hall–Kier alpha value is -2.14. The molecule has 0 saturated heterocycles. The molecular formula is C18H20N2O2S. The van der Waals surface area contributed by atoms with Crippen LogP contribution in [-0.4, -0.2) is 24.9 Å². The Morgan fingerprint density at radius 3 is 2.91 bits per heavy atom. The van der Waals surface area contributed by atoms with Crippen LogP contribution in [0.15, 0.2) is 53.4 Å². The second-order valence-corrected chi connectivity index (χ2v) is 6.73. The van der Waals surface area contributed by atoms with Crippen molar-refractivity contribution in [3.05, 3.63) is 48.5 Å². The Bertz CT molecular complexity index is 705. The summed E-state index contributed by atoms with van der Waals surface area (Å²) in [4.78, 5) is 15.7. The van der Waals surface area contributed by atoms with Crippen molar-refractivity contribution in [2.24, 2.45) is 0 Å². The number of thioether (sulfide) groups is 1. The first-order valence-corrected chi connectivity index (χ1v) is 8.57. The highest BCUT2D eigenvalue weighted by molar-refractivity contribution is 8.00. The van der Waals surface area contributed by atoms with Gasteiger partial charge in [0.1, 0.15) is 5.75 Å². The van der Waals surface area contributed by atoms with Gasteiger partial charge in [-0.2, -0.15) is 0 Å². The third-order valence-electron chi connectivity index (χ3n) is 3.86. The van der Waals surface area contributed by atoms with Crippen molar-refractivity contribution in [1.29, 1.82) is 0 Å². The molecule has 0 saturated carbocycles. The van der Waals surface area contributed by atoms with Crippen LogP contribution in [0.25, 0.3) is 0 Å². The lowest BCUT2D eigenvalue weighted by atomic mass is 10.2. The lowest BCUT2D eigenvalue weighted by Crippen LogP contribution is -2.41. The zero-order valence-corrected chi connectivity index (χ0v) is 14.1. The molecule has 2 aromatic rings. The molecule has 2 amide bonds. The van der Waals surface area contributed by atoms with E-state index in [-0.39, 0.29) is 6.03 Å². The molecule has 0 aromatic heterocycles. The van der Waals surface area contributed by atoms with Crippen LogP contribution >= 0.6 is 11.8 Å². The van der Waals surface area contributed by atoms with E-state index in [2.05, 4.69) is 18.3 Å². The molecule has 120 valence electrons. The van der Waals surface area contributed by atoms with Crippen molar-refractivity contribution >= 4 is 29.2 Å². The van der Waals surface area contributed by atoms with Gasteiger partial charge in [-0.05, 0) is 30.7 Å². The fourth-order valence-electron chi connectivity index (χ4n) is 2.60. The third-order valence-corrected chi connectivity index (χ3v) is 5.27. The third kappa shape index (κ3) is 3.45. The Kier molecular flexibility index (Phi) is 4.76. The van der Waals surface area contributed by atoms with Crippen LogP contribution in [0.3, 0.4) is 0 Å². The number of nitrogens with one attached hydrogen (secondary N) is 1. The molecule has 1 N–H and O–H groups in total. The molecule has 0 bridgehead atoms. The predicted molar refractivity (Wildman–Crippen MR) is 95.7 cm³/mol. The Morgan fingerprint density at radius 1 is 1.30 bits per heavy atom. The van der Waals surface area contributed by atoms with E-state index in [1.807, 2.05) is 59.1 Å². The maximum atomic E-state index is 12.8. The molecule has 2 aromatic carbocycles. The van der Waals surface area contributed by atoms with Crippen molar-refractivity contribution < 1.29 is 9.53 Å². The number of para-hydroxylation sites is 1. The molecule has 1 aliphatic heterocycles. The standard InChI is InChI=1S/C18H20N2O2S/c1-3-15-12-20(16-9-4-5-10-17(16)23-15)18(21)19-13-7-6-8-14(11-13)22-2/h4-11,15H,3,12H2,1-2H3,(H,19,21). The number of urea groups is 1. The summed E-state index contributed by atoms with van der Waals surface area (Å²) in [5, 5.41) is 3.39. The van der Waals surface area contributed by atoms with Crippen LogP contribution in [0.5, 0.6) is 5.75 Å². The summed E-state index contributed by atoms with van der Waals surface area (Å²) >= 11 is 1.85. The van der Waals surface area contributed by atoms with Gasteiger partial charge in [0.15, 0.2) is 0 Å². The van der Waals surface area contributed by atoms with Crippen LogP contribution < -0.4 is 15.0 Å². The van der Waals surface area contributed by atoms with Crippen LogP contribution in [0, 0.1) is 0 Å². The van der Waals surface area contributed by atoms with E-state index >= 15 is 0 Å². The quantitative estimate of drug-likeness (QED) is 0.894. The molecule has 1 aliphatic rings. The average Bonchev–Trinajstić information content (AvgIpc) is 2.60. The number of anilines is 2. The summed E-state index contributed by atoms with van der Waals surface area (Å²) < 4.78 is 5.20. The van der Waals surface area contributed by atoms with Gasteiger partial charge in [-0.25, -0.2) is 4.79 Å². The summed E-state index contributed by atoms with van der Waals surface area (Å²) in [6.45, 7) is 2.87. The number of carbonyl (C=O) groups excluding carboxylic acids is 1. The number of hydrogen-bond donors (Lipinski definition) is 1. The fourth-order valence-corrected chi connectivity index (χ4v) is 3.80. The van der Waals surface area contributed by atoms with E-state index in [4.69, 9.17) is 4.74 Å². The van der Waals surface area contributed by atoms with Gasteiger partial charge < -0.3 is 10.1 Å². The number of hydrogen-bond acceptors (Lipinski definition) is 3. The first-order valence-electron chi connectivity index (χ1n) is 7.69. The van der Waals surface area contributed by atoms with Gasteiger partial charge in [-0.1, -0.05) is 25.1 Å². The number of nitrogens with zero attached hydrogens (tertiary/aromatic N) is 1. The molecule has 1 unspecified atom stereocenters. The maximum absolute atomic E-state index is 12.8. The van der Waals surface area contributed by atoms with Crippen molar-refractivity contribution in [2.75, 3.05) is 23.9 Å². The van der Waals surface area contributed by atoms with Gasteiger partial charge in [0.05, 0.1) is 12.8 Å². The molecule has 0 radical (unpaired) electrons. The topological polar surface area (TPSA) is 41.6 Å². The van der Waals surface area contributed by atoms with Crippen molar-refractivity contribution in [2.45, 2.75) is 23.5 Å². The monoisotopic (exact) mass is 328 g/mol. The fraction of sp³-hybridized carbons (Fsp3) is 0.278. The number of amides is 2. The summed E-state index contributed by atoms with van der Waals surface area (Å²) in [5.41, 5.74) is 1.71. The molecule has 0 spiro atoms. The van der Waals surface area contributed by atoms with Gasteiger partial charge in [0, 0.05) is 28.4 Å². The highest BCUT2D eigenvalue weighted by Crippen LogP contribution is 2.39. The molecular weight excluding hydrogens is 308 g/mol. The van der Waals surface area contributed by atoms with E-state index in [1.54, 1.807) is 7.11 Å². The number of benzene rings is 2. The minimum atomic E-state index is -0.107. The van der Waals surface area contributed by atoms with Crippen molar-refractivity contribution in [3.8, 4) is 5.75 Å². The van der Waals surface area contributed by atoms with Gasteiger partial charge in [0.2, 0.25) is 0 Å². The molecule has 1 heterocycles. The first-order chi connectivity index (χ1) is 11.2. The minimum Gasteiger partial charge on any atom is -0.497 e. The van der Waals surface area contributed by atoms with Crippen LogP contribution in [0.1, 0.15) is 13.3 Å².